The van der Waals surface area contributed by atoms with Crippen LogP contribution in [0.25, 0.3) is 0 Å². The van der Waals surface area contributed by atoms with E-state index in [0.717, 1.165) is 5.56 Å². The van der Waals surface area contributed by atoms with Crippen LogP contribution in [-0.2, 0) is 6.54 Å². The molecule has 2 aromatic rings. The van der Waals surface area contributed by atoms with Gasteiger partial charge in [0.15, 0.2) is 0 Å². The largest absolute Gasteiger partial charge is 0.334 e. The molecule has 0 atom stereocenters. The molecule has 0 unspecified atom stereocenters. The second-order valence-corrected chi connectivity index (χ2v) is 5.62. The van der Waals surface area contributed by atoms with Gasteiger partial charge in [-0.3, -0.25) is 10.6 Å². The maximum absolute atomic E-state index is 12.6. The molecule has 0 spiro atoms. The Balaban J connectivity index is 2.24. The van der Waals surface area contributed by atoms with Crippen molar-refractivity contribution in [2.24, 2.45) is 5.84 Å². The molecule has 0 aliphatic rings. The average Bonchev–Trinajstić information content (AvgIpc) is 2.96. The van der Waals surface area contributed by atoms with Crippen LogP contribution in [-0.4, -0.2) is 17.4 Å². The molecule has 2 rings (SSSR count). The van der Waals surface area contributed by atoms with Gasteiger partial charge in [-0.2, -0.15) is 0 Å². The normalized spacial score (nSPS) is 10.3. The van der Waals surface area contributed by atoms with Crippen molar-refractivity contribution in [3.05, 3.63) is 51.7 Å². The predicted octanol–water partition coefficient (Wildman–Crippen LogP) is 3.00. The van der Waals surface area contributed by atoms with Crippen LogP contribution in [0.1, 0.15) is 27.7 Å². The van der Waals surface area contributed by atoms with E-state index in [4.69, 9.17) is 5.84 Å². The number of nitrogens with zero attached hydrogens (tertiary/aromatic N) is 1. The summed E-state index contributed by atoms with van der Waals surface area (Å²) >= 11 is 1.66. The number of aryl methyl sites for hydroxylation is 1. The molecule has 0 aliphatic carbocycles. The van der Waals surface area contributed by atoms with Crippen LogP contribution < -0.4 is 11.3 Å². The first-order valence-electron chi connectivity index (χ1n) is 6.54. The molecule has 0 aliphatic heterocycles. The van der Waals surface area contributed by atoms with E-state index in [1.54, 1.807) is 11.3 Å². The molecule has 0 fully saturated rings. The summed E-state index contributed by atoms with van der Waals surface area (Å²) in [6.07, 6.45) is 0. The summed E-state index contributed by atoms with van der Waals surface area (Å²) in [6, 6.07) is 9.66. The van der Waals surface area contributed by atoms with Crippen LogP contribution >= 0.6 is 11.3 Å². The average molecular weight is 289 g/mol. The zero-order chi connectivity index (χ0) is 14.5. The monoisotopic (exact) mass is 289 g/mol. The van der Waals surface area contributed by atoms with E-state index in [9.17, 15) is 4.79 Å². The summed E-state index contributed by atoms with van der Waals surface area (Å²) in [5.74, 6) is 5.51. The fraction of sp³-hybridized carbons (Fsp3) is 0.267. The van der Waals surface area contributed by atoms with E-state index in [-0.39, 0.29) is 5.91 Å². The van der Waals surface area contributed by atoms with Gasteiger partial charge in [0.1, 0.15) is 0 Å². The van der Waals surface area contributed by atoms with Crippen LogP contribution in [0.2, 0.25) is 0 Å². The standard InChI is InChI=1S/C15H19N3OS/c1-3-18(10-12-5-4-8-20-12)15(19)13-7-6-11(2)9-14(13)17-16/h4-9,17H,3,10,16H2,1-2H3. The lowest BCUT2D eigenvalue weighted by Gasteiger charge is -2.21. The number of rotatable bonds is 5. The molecule has 4 nitrogen and oxygen atoms in total. The zero-order valence-electron chi connectivity index (χ0n) is 11.7. The Morgan fingerprint density at radius 3 is 2.80 bits per heavy atom. The smallest absolute Gasteiger partial charge is 0.256 e. The number of carbonyl (C=O) groups excluding carboxylic acids is 1. The van der Waals surface area contributed by atoms with Crippen molar-refractivity contribution in [3.63, 3.8) is 0 Å². The van der Waals surface area contributed by atoms with E-state index < -0.39 is 0 Å². The van der Waals surface area contributed by atoms with Gasteiger partial charge in [-0.15, -0.1) is 11.3 Å². The van der Waals surface area contributed by atoms with Crippen molar-refractivity contribution in [2.45, 2.75) is 20.4 Å². The zero-order valence-corrected chi connectivity index (χ0v) is 12.5. The lowest BCUT2D eigenvalue weighted by atomic mass is 10.1. The molecule has 20 heavy (non-hydrogen) atoms. The van der Waals surface area contributed by atoms with Gasteiger partial charge < -0.3 is 10.3 Å². The van der Waals surface area contributed by atoms with Gasteiger partial charge in [0.25, 0.3) is 5.91 Å². The number of hydrazine groups is 1. The van der Waals surface area contributed by atoms with E-state index >= 15 is 0 Å². The number of nitrogens with one attached hydrogen (secondary N) is 1. The third-order valence-corrected chi connectivity index (χ3v) is 4.02. The SMILES string of the molecule is CCN(Cc1cccs1)C(=O)c1ccc(C)cc1NN. The van der Waals surface area contributed by atoms with Crippen molar-refractivity contribution >= 4 is 22.9 Å². The van der Waals surface area contributed by atoms with Gasteiger partial charge in [-0.1, -0.05) is 12.1 Å². The molecule has 3 N–H and O–H groups in total. The Morgan fingerprint density at radius 1 is 1.40 bits per heavy atom. The van der Waals surface area contributed by atoms with Crippen molar-refractivity contribution in [3.8, 4) is 0 Å². The van der Waals surface area contributed by atoms with E-state index in [2.05, 4.69) is 5.43 Å². The first-order chi connectivity index (χ1) is 9.65. The molecule has 1 aromatic carbocycles. The second-order valence-electron chi connectivity index (χ2n) is 4.59. The first-order valence-corrected chi connectivity index (χ1v) is 7.42. The Kier molecular flexibility index (Phi) is 4.76. The number of nitrogen functional groups attached to an aromatic ring is 1. The molecule has 106 valence electrons. The van der Waals surface area contributed by atoms with E-state index in [0.29, 0.717) is 24.3 Å². The highest BCUT2D eigenvalue weighted by Crippen LogP contribution is 2.20. The summed E-state index contributed by atoms with van der Waals surface area (Å²) in [5, 5.41) is 2.02. The molecule has 1 amide bonds. The van der Waals surface area contributed by atoms with Gasteiger partial charge >= 0.3 is 0 Å². The lowest BCUT2D eigenvalue weighted by Crippen LogP contribution is -2.31. The van der Waals surface area contributed by atoms with Crippen LogP contribution in [0.5, 0.6) is 0 Å². The van der Waals surface area contributed by atoms with Crippen LogP contribution in [0.4, 0.5) is 5.69 Å². The van der Waals surface area contributed by atoms with Crippen LogP contribution in [0.15, 0.2) is 35.7 Å². The Hall–Kier alpha value is -1.85. The van der Waals surface area contributed by atoms with Crippen LogP contribution in [0.3, 0.4) is 0 Å². The molecule has 0 saturated carbocycles. The quantitative estimate of drug-likeness (QED) is 0.657. The highest BCUT2D eigenvalue weighted by molar-refractivity contribution is 7.09. The van der Waals surface area contributed by atoms with Crippen molar-refractivity contribution in [1.29, 1.82) is 0 Å². The minimum Gasteiger partial charge on any atom is -0.334 e. The van der Waals surface area contributed by atoms with Gasteiger partial charge in [0, 0.05) is 11.4 Å². The molecule has 0 bridgehead atoms. The highest BCUT2D eigenvalue weighted by Gasteiger charge is 2.18. The Labute approximate surface area is 123 Å². The molecule has 0 saturated heterocycles. The lowest BCUT2D eigenvalue weighted by molar-refractivity contribution is 0.0755. The number of nitrogens with two attached hydrogens (primary N) is 1. The number of hydrogen-bond donors (Lipinski definition) is 2. The number of carbonyl (C=O) groups is 1. The summed E-state index contributed by atoms with van der Waals surface area (Å²) in [7, 11) is 0. The van der Waals surface area contributed by atoms with Crippen molar-refractivity contribution < 1.29 is 4.79 Å². The number of anilines is 1. The minimum absolute atomic E-state index is 0.00569. The third-order valence-electron chi connectivity index (χ3n) is 3.16. The Bertz CT molecular complexity index is 581. The van der Waals surface area contributed by atoms with Crippen molar-refractivity contribution in [2.75, 3.05) is 12.0 Å². The van der Waals surface area contributed by atoms with Gasteiger partial charge in [-0.05, 0) is 43.0 Å². The topological polar surface area (TPSA) is 58.4 Å². The molecule has 1 aromatic heterocycles. The Morgan fingerprint density at radius 2 is 2.20 bits per heavy atom. The molecule has 0 radical (unpaired) electrons. The van der Waals surface area contributed by atoms with Crippen molar-refractivity contribution in [1.82, 2.24) is 4.90 Å². The van der Waals surface area contributed by atoms with Gasteiger partial charge in [-0.25, -0.2) is 0 Å². The molecular formula is C15H19N3OS. The molecular weight excluding hydrogens is 270 g/mol. The summed E-state index contributed by atoms with van der Waals surface area (Å²) in [6.45, 7) is 5.24. The van der Waals surface area contributed by atoms with E-state index in [1.807, 2.05) is 54.5 Å². The van der Waals surface area contributed by atoms with Crippen LogP contribution in [0, 0.1) is 6.92 Å². The summed E-state index contributed by atoms with van der Waals surface area (Å²) in [5.41, 5.74) is 4.95. The molecule has 5 heteroatoms. The number of hydrogen-bond acceptors (Lipinski definition) is 4. The highest BCUT2D eigenvalue weighted by atomic mass is 32.1. The predicted molar refractivity (Wildman–Crippen MR) is 83.7 cm³/mol. The number of thiophene rings is 1. The number of benzene rings is 1. The second kappa shape index (κ2) is 6.54. The minimum atomic E-state index is -0.00569. The maximum atomic E-state index is 12.6. The summed E-state index contributed by atoms with van der Waals surface area (Å²) in [4.78, 5) is 15.6. The number of amides is 1. The fourth-order valence-corrected chi connectivity index (χ4v) is 2.77. The maximum Gasteiger partial charge on any atom is 0.256 e. The van der Waals surface area contributed by atoms with Gasteiger partial charge in [0.05, 0.1) is 17.8 Å². The third kappa shape index (κ3) is 3.18. The summed E-state index contributed by atoms with van der Waals surface area (Å²) < 4.78 is 0. The van der Waals surface area contributed by atoms with Gasteiger partial charge in [0.2, 0.25) is 0 Å². The first kappa shape index (κ1) is 14.6. The fourth-order valence-electron chi connectivity index (χ4n) is 2.05. The van der Waals surface area contributed by atoms with E-state index in [1.165, 1.54) is 4.88 Å². The molecule has 1 heterocycles.